The summed E-state index contributed by atoms with van der Waals surface area (Å²) in [7, 11) is 1.67. The summed E-state index contributed by atoms with van der Waals surface area (Å²) >= 11 is 0. The molecule has 3 heteroatoms. The largest absolute Gasteiger partial charge is 0.496 e. The lowest BCUT2D eigenvalue weighted by molar-refractivity contribution is 0.0456. The molecule has 0 aromatic heterocycles. The Morgan fingerprint density at radius 3 is 2.20 bits per heavy atom. The van der Waals surface area contributed by atoms with Gasteiger partial charge in [-0.15, -0.1) is 0 Å². The predicted octanol–water partition coefficient (Wildman–Crippen LogP) is 3.30. The van der Waals surface area contributed by atoms with Crippen molar-refractivity contribution in [1.82, 2.24) is 5.32 Å². The predicted molar refractivity (Wildman–Crippen MR) is 84.4 cm³/mol. The van der Waals surface area contributed by atoms with Gasteiger partial charge in [-0.2, -0.15) is 0 Å². The van der Waals surface area contributed by atoms with Gasteiger partial charge in [-0.05, 0) is 83.3 Å². The van der Waals surface area contributed by atoms with Gasteiger partial charge in [0.1, 0.15) is 5.75 Å². The average molecular weight is 279 g/mol. The van der Waals surface area contributed by atoms with Gasteiger partial charge in [0, 0.05) is 5.54 Å². The first-order valence-corrected chi connectivity index (χ1v) is 7.20. The van der Waals surface area contributed by atoms with E-state index in [1.54, 1.807) is 7.11 Å². The Balaban J connectivity index is 2.89. The third kappa shape index (κ3) is 4.50. The van der Waals surface area contributed by atoms with Crippen LogP contribution in [0, 0.1) is 13.8 Å². The third-order valence-electron chi connectivity index (χ3n) is 3.59. The molecule has 1 unspecified atom stereocenters. The van der Waals surface area contributed by atoms with Crippen molar-refractivity contribution in [3.63, 3.8) is 0 Å². The van der Waals surface area contributed by atoms with E-state index < -0.39 is 5.60 Å². The number of nitrogens with one attached hydrogen (secondary N) is 1. The molecule has 2 N–H and O–H groups in total. The minimum Gasteiger partial charge on any atom is -0.496 e. The summed E-state index contributed by atoms with van der Waals surface area (Å²) in [6.45, 7) is 13.1. The van der Waals surface area contributed by atoms with Gasteiger partial charge in [0.25, 0.3) is 0 Å². The monoisotopic (exact) mass is 279 g/mol. The van der Waals surface area contributed by atoms with Crippen LogP contribution in [-0.4, -0.2) is 24.3 Å². The molecular weight excluding hydrogens is 250 g/mol. The van der Waals surface area contributed by atoms with Crippen molar-refractivity contribution in [2.45, 2.75) is 59.1 Å². The minimum atomic E-state index is -0.834. The second-order valence-corrected chi connectivity index (χ2v) is 6.84. The summed E-state index contributed by atoms with van der Waals surface area (Å²) < 4.78 is 5.33. The molecule has 0 fully saturated rings. The van der Waals surface area contributed by atoms with Gasteiger partial charge in [-0.1, -0.05) is 0 Å². The zero-order chi connectivity index (χ0) is 15.6. The van der Waals surface area contributed by atoms with E-state index in [1.807, 2.05) is 32.9 Å². The lowest BCUT2D eigenvalue weighted by Gasteiger charge is -2.29. The summed E-state index contributed by atoms with van der Waals surface area (Å²) in [5.74, 6) is 0.870. The van der Waals surface area contributed by atoms with Gasteiger partial charge in [0.05, 0.1) is 12.7 Å². The lowest BCUT2D eigenvalue weighted by atomic mass is 9.87. The highest BCUT2D eigenvalue weighted by Gasteiger charge is 2.26. The highest BCUT2D eigenvalue weighted by molar-refractivity contribution is 5.43. The minimum absolute atomic E-state index is 0.0704. The molecule has 0 aliphatic heterocycles. The van der Waals surface area contributed by atoms with E-state index in [0.717, 1.165) is 29.0 Å². The van der Waals surface area contributed by atoms with Crippen LogP contribution >= 0.6 is 0 Å². The topological polar surface area (TPSA) is 41.5 Å². The molecule has 0 amide bonds. The first-order chi connectivity index (χ1) is 9.07. The molecule has 1 atom stereocenters. The van der Waals surface area contributed by atoms with Crippen LogP contribution in [0.5, 0.6) is 5.75 Å². The molecular formula is C17H29NO2. The molecule has 0 radical (unpaired) electrons. The number of hydrogen-bond acceptors (Lipinski definition) is 3. The molecule has 0 saturated heterocycles. The molecule has 0 saturated carbocycles. The zero-order valence-corrected chi connectivity index (χ0v) is 13.9. The summed E-state index contributed by atoms with van der Waals surface area (Å²) in [6.07, 6.45) is 0.677. The van der Waals surface area contributed by atoms with Crippen molar-refractivity contribution in [3.05, 3.63) is 28.8 Å². The van der Waals surface area contributed by atoms with Crippen LogP contribution < -0.4 is 10.1 Å². The van der Waals surface area contributed by atoms with Crippen LogP contribution in [0.15, 0.2) is 12.1 Å². The maximum absolute atomic E-state index is 10.8. The molecule has 114 valence electrons. The van der Waals surface area contributed by atoms with Crippen molar-refractivity contribution in [2.75, 3.05) is 13.7 Å². The standard InChI is InChI=1S/C17H29NO2/c1-12-11-15(20-7)13(2)10-14(12)17(6,19)8-9-18-16(3,4)5/h10-11,18-19H,8-9H2,1-7H3. The molecule has 0 aliphatic rings. The first kappa shape index (κ1) is 17.0. The molecule has 0 heterocycles. The van der Waals surface area contributed by atoms with E-state index in [1.165, 1.54) is 0 Å². The Hall–Kier alpha value is -1.06. The fourth-order valence-corrected chi connectivity index (χ4v) is 2.41. The number of benzene rings is 1. The van der Waals surface area contributed by atoms with E-state index in [2.05, 4.69) is 26.1 Å². The van der Waals surface area contributed by atoms with Gasteiger partial charge >= 0.3 is 0 Å². The molecule has 0 aliphatic carbocycles. The lowest BCUT2D eigenvalue weighted by Crippen LogP contribution is -2.39. The number of rotatable bonds is 5. The Labute approximate surface area is 123 Å². The fourth-order valence-electron chi connectivity index (χ4n) is 2.41. The van der Waals surface area contributed by atoms with Gasteiger partial charge in [0.2, 0.25) is 0 Å². The highest BCUT2D eigenvalue weighted by Crippen LogP contribution is 2.32. The summed E-state index contributed by atoms with van der Waals surface area (Å²) in [5.41, 5.74) is 2.33. The Bertz CT molecular complexity index is 459. The van der Waals surface area contributed by atoms with Crippen LogP contribution in [0.3, 0.4) is 0 Å². The van der Waals surface area contributed by atoms with Crippen LogP contribution in [0.25, 0.3) is 0 Å². The van der Waals surface area contributed by atoms with Crippen molar-refractivity contribution in [3.8, 4) is 5.75 Å². The van der Waals surface area contributed by atoms with E-state index in [-0.39, 0.29) is 5.54 Å². The molecule has 0 bridgehead atoms. The van der Waals surface area contributed by atoms with Gasteiger partial charge in [0.15, 0.2) is 0 Å². The number of hydrogen-bond donors (Lipinski definition) is 2. The second kappa shape index (κ2) is 6.15. The third-order valence-corrected chi connectivity index (χ3v) is 3.59. The van der Waals surface area contributed by atoms with Crippen LogP contribution in [0.1, 0.15) is 50.8 Å². The normalized spacial score (nSPS) is 15.0. The van der Waals surface area contributed by atoms with Crippen LogP contribution in [0.2, 0.25) is 0 Å². The molecule has 3 nitrogen and oxygen atoms in total. The zero-order valence-electron chi connectivity index (χ0n) is 13.9. The Morgan fingerprint density at radius 1 is 1.10 bits per heavy atom. The van der Waals surface area contributed by atoms with E-state index >= 15 is 0 Å². The van der Waals surface area contributed by atoms with E-state index in [4.69, 9.17) is 4.74 Å². The molecule has 1 rings (SSSR count). The SMILES string of the molecule is COc1cc(C)c(C(C)(O)CCNC(C)(C)C)cc1C. The first-order valence-electron chi connectivity index (χ1n) is 7.20. The smallest absolute Gasteiger partial charge is 0.122 e. The Kier molecular flexibility index (Phi) is 5.22. The van der Waals surface area contributed by atoms with Gasteiger partial charge in [-0.25, -0.2) is 0 Å². The van der Waals surface area contributed by atoms with E-state index in [0.29, 0.717) is 6.42 Å². The van der Waals surface area contributed by atoms with E-state index in [9.17, 15) is 5.11 Å². The van der Waals surface area contributed by atoms with Gasteiger partial charge in [-0.3, -0.25) is 0 Å². The highest BCUT2D eigenvalue weighted by atomic mass is 16.5. The second-order valence-electron chi connectivity index (χ2n) is 6.84. The maximum Gasteiger partial charge on any atom is 0.122 e. The molecule has 1 aromatic rings. The number of methoxy groups -OCH3 is 1. The maximum atomic E-state index is 10.8. The summed E-state index contributed by atoms with van der Waals surface area (Å²) in [5, 5.41) is 14.2. The summed E-state index contributed by atoms with van der Waals surface area (Å²) in [6, 6.07) is 4.03. The molecule has 20 heavy (non-hydrogen) atoms. The Morgan fingerprint density at radius 2 is 1.70 bits per heavy atom. The van der Waals surface area contributed by atoms with Crippen LogP contribution in [-0.2, 0) is 5.60 Å². The fraction of sp³-hybridized carbons (Fsp3) is 0.647. The molecule has 1 aromatic carbocycles. The van der Waals surface area contributed by atoms with Crippen LogP contribution in [0.4, 0.5) is 0 Å². The van der Waals surface area contributed by atoms with Crippen molar-refractivity contribution >= 4 is 0 Å². The number of ether oxygens (including phenoxy) is 1. The quantitative estimate of drug-likeness (QED) is 0.869. The number of aryl methyl sites for hydroxylation is 2. The van der Waals surface area contributed by atoms with Crippen molar-refractivity contribution in [2.24, 2.45) is 0 Å². The average Bonchev–Trinajstić information content (AvgIpc) is 2.29. The molecule has 0 spiro atoms. The number of aliphatic hydroxyl groups is 1. The van der Waals surface area contributed by atoms with Gasteiger partial charge < -0.3 is 15.2 Å². The van der Waals surface area contributed by atoms with Crippen molar-refractivity contribution < 1.29 is 9.84 Å². The van der Waals surface area contributed by atoms with Crippen molar-refractivity contribution in [1.29, 1.82) is 0 Å². The summed E-state index contributed by atoms with van der Waals surface area (Å²) in [4.78, 5) is 0.